The highest BCUT2D eigenvalue weighted by Crippen LogP contribution is 2.23. The molecule has 0 aliphatic rings. The van der Waals surface area contributed by atoms with Crippen molar-refractivity contribution >= 4 is 17.5 Å². The average molecular weight is 409 g/mol. The van der Waals surface area contributed by atoms with Gasteiger partial charge in [-0.15, -0.1) is 16.8 Å². The molecular weight excluding hydrogens is 380 g/mol. The van der Waals surface area contributed by atoms with Gasteiger partial charge >= 0.3 is 0 Å². The van der Waals surface area contributed by atoms with Crippen molar-refractivity contribution in [1.29, 1.82) is 0 Å². The Morgan fingerprint density at radius 3 is 2.62 bits per heavy atom. The number of thioether (sulfide) groups is 1. The number of hydrogen-bond acceptors (Lipinski definition) is 4. The highest BCUT2D eigenvalue weighted by molar-refractivity contribution is 7.99. The molecule has 5 nitrogen and oxygen atoms in total. The van der Waals surface area contributed by atoms with E-state index in [1.807, 2.05) is 41.8 Å². The van der Waals surface area contributed by atoms with Crippen molar-refractivity contribution in [2.24, 2.45) is 0 Å². The van der Waals surface area contributed by atoms with Crippen molar-refractivity contribution in [3.63, 3.8) is 0 Å². The number of carbonyl (C=O) groups is 1. The van der Waals surface area contributed by atoms with Crippen LogP contribution in [-0.4, -0.2) is 30.9 Å². The van der Waals surface area contributed by atoms with E-state index in [-0.39, 0.29) is 5.78 Å². The van der Waals surface area contributed by atoms with Gasteiger partial charge in [-0.2, -0.15) is 0 Å². The smallest absolute Gasteiger partial charge is 0.191 e. The number of hydrogen-bond donors (Lipinski definition) is 0. The SMILES string of the molecule is C=CCn1c(Cc2ccccc2)nnc1SCC(=O)c1cc(C)n(CCC)c1C. The molecule has 2 aromatic heterocycles. The lowest BCUT2D eigenvalue weighted by Gasteiger charge is -2.08. The highest BCUT2D eigenvalue weighted by Gasteiger charge is 2.18. The molecule has 0 N–H and O–H groups in total. The first-order valence-corrected chi connectivity index (χ1v) is 10.9. The number of aryl methyl sites for hydroxylation is 1. The maximum atomic E-state index is 12.9. The molecule has 152 valence electrons. The first-order chi connectivity index (χ1) is 14.0. The second kappa shape index (κ2) is 9.74. The normalized spacial score (nSPS) is 11.0. The van der Waals surface area contributed by atoms with E-state index < -0.39 is 0 Å². The Labute approximate surface area is 176 Å². The minimum absolute atomic E-state index is 0.128. The van der Waals surface area contributed by atoms with Crippen LogP contribution >= 0.6 is 11.8 Å². The number of rotatable bonds is 10. The van der Waals surface area contributed by atoms with Crippen molar-refractivity contribution in [3.8, 4) is 0 Å². The van der Waals surface area contributed by atoms with Crippen molar-refractivity contribution in [1.82, 2.24) is 19.3 Å². The maximum absolute atomic E-state index is 12.9. The fourth-order valence-corrected chi connectivity index (χ4v) is 4.36. The van der Waals surface area contributed by atoms with Crippen LogP contribution in [-0.2, 0) is 19.5 Å². The van der Waals surface area contributed by atoms with Gasteiger partial charge in [-0.05, 0) is 31.9 Å². The predicted octanol–water partition coefficient (Wildman–Crippen LogP) is 4.86. The molecule has 29 heavy (non-hydrogen) atoms. The third-order valence-electron chi connectivity index (χ3n) is 4.96. The molecule has 0 atom stereocenters. The van der Waals surface area contributed by atoms with Gasteiger partial charge in [-0.1, -0.05) is 55.1 Å². The molecule has 0 unspecified atom stereocenters. The molecule has 0 bridgehead atoms. The van der Waals surface area contributed by atoms with Gasteiger partial charge < -0.3 is 9.13 Å². The van der Waals surface area contributed by atoms with E-state index in [1.54, 1.807) is 0 Å². The summed E-state index contributed by atoms with van der Waals surface area (Å²) in [4.78, 5) is 12.9. The topological polar surface area (TPSA) is 52.7 Å². The molecule has 0 aliphatic heterocycles. The third kappa shape index (κ3) is 4.88. The average Bonchev–Trinajstić information content (AvgIpc) is 3.23. The first kappa shape index (κ1) is 21.1. The van der Waals surface area contributed by atoms with E-state index in [0.717, 1.165) is 40.9 Å². The first-order valence-electron chi connectivity index (χ1n) is 9.94. The van der Waals surface area contributed by atoms with Gasteiger partial charge in [0.05, 0.1) is 5.75 Å². The Hall–Kier alpha value is -2.60. The highest BCUT2D eigenvalue weighted by atomic mass is 32.2. The molecule has 0 radical (unpaired) electrons. The minimum atomic E-state index is 0.128. The van der Waals surface area contributed by atoms with E-state index in [1.165, 1.54) is 17.3 Å². The maximum Gasteiger partial charge on any atom is 0.191 e. The zero-order valence-corrected chi connectivity index (χ0v) is 18.2. The predicted molar refractivity (Wildman–Crippen MR) is 119 cm³/mol. The Morgan fingerprint density at radius 2 is 1.93 bits per heavy atom. The van der Waals surface area contributed by atoms with Gasteiger partial charge in [0.1, 0.15) is 5.82 Å². The lowest BCUT2D eigenvalue weighted by molar-refractivity contribution is 0.102. The largest absolute Gasteiger partial charge is 0.348 e. The molecule has 0 saturated carbocycles. The van der Waals surface area contributed by atoms with Gasteiger partial charge in [-0.25, -0.2) is 0 Å². The van der Waals surface area contributed by atoms with Crippen LogP contribution in [0.4, 0.5) is 0 Å². The Balaban J connectivity index is 1.74. The molecule has 3 aromatic rings. The summed E-state index contributed by atoms with van der Waals surface area (Å²) in [5.41, 5.74) is 4.17. The summed E-state index contributed by atoms with van der Waals surface area (Å²) in [6.45, 7) is 11.6. The van der Waals surface area contributed by atoms with E-state index >= 15 is 0 Å². The van der Waals surface area contributed by atoms with Crippen molar-refractivity contribution in [2.45, 2.75) is 51.9 Å². The Kier molecular flexibility index (Phi) is 7.09. The molecule has 0 saturated heterocycles. The Bertz CT molecular complexity index is 988. The molecule has 0 fully saturated rings. The Morgan fingerprint density at radius 1 is 1.17 bits per heavy atom. The van der Waals surface area contributed by atoms with Gasteiger partial charge in [0.2, 0.25) is 0 Å². The second-order valence-corrected chi connectivity index (χ2v) is 8.05. The molecule has 0 aliphatic carbocycles. The summed E-state index contributed by atoms with van der Waals surface area (Å²) in [6.07, 6.45) is 3.59. The fraction of sp³-hybridized carbons (Fsp3) is 0.348. The summed E-state index contributed by atoms with van der Waals surface area (Å²) < 4.78 is 4.26. The standard InChI is InChI=1S/C23H28N4OS/c1-5-12-26-17(3)14-20(18(26)4)21(28)16-29-23-25-24-22(27(23)13-6-2)15-19-10-8-7-9-11-19/h6-11,14H,2,5,12-13,15-16H2,1,3-4H3. The molecule has 2 heterocycles. The molecule has 6 heteroatoms. The van der Waals surface area contributed by atoms with E-state index in [9.17, 15) is 4.79 Å². The third-order valence-corrected chi connectivity index (χ3v) is 5.93. The summed E-state index contributed by atoms with van der Waals surface area (Å²) in [5, 5.41) is 9.47. The quantitative estimate of drug-likeness (QED) is 0.273. The molecular formula is C23H28N4OS. The molecule has 1 aromatic carbocycles. The minimum Gasteiger partial charge on any atom is -0.348 e. The van der Waals surface area contributed by atoms with Crippen LogP contribution in [0, 0.1) is 13.8 Å². The number of Topliss-reactive ketones (excluding diaryl/α,β-unsaturated/α-hetero) is 1. The molecule has 3 rings (SSSR count). The van der Waals surface area contributed by atoms with Crippen LogP contribution in [0.5, 0.6) is 0 Å². The summed E-state index contributed by atoms with van der Waals surface area (Å²) in [6, 6.07) is 12.2. The van der Waals surface area contributed by atoms with E-state index in [0.29, 0.717) is 18.7 Å². The van der Waals surface area contributed by atoms with Gasteiger partial charge in [-0.3, -0.25) is 4.79 Å². The summed E-state index contributed by atoms with van der Waals surface area (Å²) >= 11 is 1.44. The van der Waals surface area contributed by atoms with Crippen LogP contribution in [0.2, 0.25) is 0 Å². The van der Waals surface area contributed by atoms with Crippen LogP contribution in [0.15, 0.2) is 54.2 Å². The zero-order valence-electron chi connectivity index (χ0n) is 17.4. The van der Waals surface area contributed by atoms with Crippen LogP contribution in [0.1, 0.15) is 46.5 Å². The second-order valence-electron chi connectivity index (χ2n) is 7.11. The van der Waals surface area contributed by atoms with Gasteiger partial charge in [0, 0.05) is 36.5 Å². The zero-order chi connectivity index (χ0) is 20.8. The van der Waals surface area contributed by atoms with E-state index in [2.05, 4.69) is 47.3 Å². The number of carbonyl (C=O) groups excluding carboxylic acids is 1. The van der Waals surface area contributed by atoms with Crippen molar-refractivity contribution in [3.05, 3.63) is 77.4 Å². The van der Waals surface area contributed by atoms with Crippen molar-refractivity contribution in [2.75, 3.05) is 5.75 Å². The number of nitrogens with zero attached hydrogens (tertiary/aromatic N) is 4. The van der Waals surface area contributed by atoms with Crippen LogP contribution in [0.3, 0.4) is 0 Å². The van der Waals surface area contributed by atoms with Gasteiger partial charge in [0.15, 0.2) is 10.9 Å². The summed E-state index contributed by atoms with van der Waals surface area (Å²) in [7, 11) is 0. The van der Waals surface area contributed by atoms with E-state index in [4.69, 9.17) is 0 Å². The molecule has 0 amide bonds. The summed E-state index contributed by atoms with van der Waals surface area (Å²) in [5.74, 6) is 1.35. The fourth-order valence-electron chi connectivity index (χ4n) is 3.51. The monoisotopic (exact) mass is 408 g/mol. The van der Waals surface area contributed by atoms with Crippen LogP contribution in [0.25, 0.3) is 0 Å². The molecule has 0 spiro atoms. The van der Waals surface area contributed by atoms with Crippen LogP contribution < -0.4 is 0 Å². The number of ketones is 1. The lowest BCUT2D eigenvalue weighted by atomic mass is 10.1. The van der Waals surface area contributed by atoms with Crippen molar-refractivity contribution < 1.29 is 4.79 Å². The lowest BCUT2D eigenvalue weighted by Crippen LogP contribution is -2.08. The van der Waals surface area contributed by atoms with Gasteiger partial charge in [0.25, 0.3) is 0 Å². The number of benzene rings is 1. The number of allylic oxidation sites excluding steroid dienone is 1. The number of aromatic nitrogens is 4.